The second-order valence-corrected chi connectivity index (χ2v) is 5.65. The van der Waals surface area contributed by atoms with Gasteiger partial charge in [-0.2, -0.15) is 0 Å². The van der Waals surface area contributed by atoms with Crippen molar-refractivity contribution in [2.75, 3.05) is 11.4 Å². The number of benzene rings is 1. The van der Waals surface area contributed by atoms with E-state index in [0.29, 0.717) is 13.0 Å². The molecule has 1 aromatic carbocycles. The number of nitrogens with one attached hydrogen (secondary N) is 1. The number of anilines is 1. The van der Waals surface area contributed by atoms with Gasteiger partial charge in [-0.3, -0.25) is 9.59 Å². The van der Waals surface area contributed by atoms with E-state index in [1.165, 1.54) is 23.1 Å². The average Bonchev–Trinajstić information content (AvgIpc) is 3.12. The smallest absolute Gasteiger partial charge is 0.239 e. The van der Waals surface area contributed by atoms with Gasteiger partial charge in [0.1, 0.15) is 11.7 Å². The van der Waals surface area contributed by atoms with Gasteiger partial charge < -0.3 is 10.2 Å². The average molecular weight is 297 g/mol. The van der Waals surface area contributed by atoms with Gasteiger partial charge in [0.05, 0.1) is 5.69 Å². The van der Waals surface area contributed by atoms with Crippen LogP contribution in [0.15, 0.2) is 18.2 Å². The minimum atomic E-state index is -0.703. The van der Waals surface area contributed by atoms with Crippen LogP contribution in [0.1, 0.15) is 19.3 Å². The molecule has 1 atom stereocenters. The third kappa shape index (κ3) is 2.50. The highest BCUT2D eigenvalue weighted by atomic mass is 35.5. The van der Waals surface area contributed by atoms with Crippen molar-refractivity contribution in [1.82, 2.24) is 5.32 Å². The molecule has 20 heavy (non-hydrogen) atoms. The zero-order valence-electron chi connectivity index (χ0n) is 10.7. The van der Waals surface area contributed by atoms with E-state index in [1.54, 1.807) is 0 Å². The lowest BCUT2D eigenvalue weighted by Gasteiger charge is -2.17. The van der Waals surface area contributed by atoms with Gasteiger partial charge in [0, 0.05) is 17.6 Å². The lowest BCUT2D eigenvalue weighted by Crippen LogP contribution is -2.38. The van der Waals surface area contributed by atoms with Crippen LogP contribution in [0.25, 0.3) is 0 Å². The predicted molar refractivity (Wildman–Crippen MR) is 73.0 cm³/mol. The molecule has 1 aliphatic carbocycles. The van der Waals surface area contributed by atoms with E-state index in [2.05, 4.69) is 5.32 Å². The van der Waals surface area contributed by atoms with E-state index in [9.17, 15) is 14.0 Å². The van der Waals surface area contributed by atoms with Crippen LogP contribution < -0.4 is 10.2 Å². The summed E-state index contributed by atoms with van der Waals surface area (Å²) in [5, 5.41) is 3.10. The number of nitrogens with zero attached hydrogens (tertiary/aromatic N) is 1. The van der Waals surface area contributed by atoms with Crippen LogP contribution in [-0.2, 0) is 9.59 Å². The maximum atomic E-state index is 13.8. The predicted octanol–water partition coefficient (Wildman–Crippen LogP) is 2.11. The van der Waals surface area contributed by atoms with Crippen LogP contribution in [0.5, 0.6) is 0 Å². The lowest BCUT2D eigenvalue weighted by atomic mass is 10.1. The summed E-state index contributed by atoms with van der Waals surface area (Å²) in [5.74, 6) is -1.83. The minimum absolute atomic E-state index is 0.182. The van der Waals surface area contributed by atoms with E-state index in [1.807, 2.05) is 0 Å². The van der Waals surface area contributed by atoms with Crippen LogP contribution >= 0.6 is 11.6 Å². The number of carbonyl (C=O) groups is 2. The molecule has 1 saturated heterocycles. The van der Waals surface area contributed by atoms with Gasteiger partial charge in [0.15, 0.2) is 0 Å². The number of carbonyl (C=O) groups excluding carboxylic acids is 2. The Morgan fingerprint density at radius 3 is 2.75 bits per heavy atom. The molecule has 0 radical (unpaired) electrons. The summed E-state index contributed by atoms with van der Waals surface area (Å²) in [6, 6.07) is 4.39. The van der Waals surface area contributed by atoms with Crippen molar-refractivity contribution in [3.63, 3.8) is 0 Å². The van der Waals surface area contributed by atoms with Gasteiger partial charge in [0.25, 0.3) is 0 Å². The van der Waals surface area contributed by atoms with Crippen molar-refractivity contribution in [2.24, 2.45) is 5.92 Å². The standard InChI is InChI=1S/C14H14ClFN2O2/c15-8-1-4-12(11(16)7-8)18-6-5-10(14(18)20)13(19)17-9-2-3-9/h1,4,7,9-10H,2-3,5-6H2,(H,17,19). The molecule has 2 aliphatic rings. The molecule has 3 rings (SSSR count). The second kappa shape index (κ2) is 5.05. The number of rotatable bonds is 3. The summed E-state index contributed by atoms with van der Waals surface area (Å²) >= 11 is 5.70. The third-order valence-corrected chi connectivity index (χ3v) is 3.88. The largest absolute Gasteiger partial charge is 0.353 e. The van der Waals surface area contributed by atoms with Crippen molar-refractivity contribution in [3.8, 4) is 0 Å². The normalized spacial score (nSPS) is 22.2. The highest BCUT2D eigenvalue weighted by Gasteiger charge is 2.40. The molecule has 1 heterocycles. The van der Waals surface area contributed by atoms with E-state index >= 15 is 0 Å². The zero-order chi connectivity index (χ0) is 14.3. The van der Waals surface area contributed by atoms with Crippen LogP contribution in [0.2, 0.25) is 5.02 Å². The van der Waals surface area contributed by atoms with E-state index in [-0.39, 0.29) is 28.6 Å². The molecule has 2 fully saturated rings. The first-order valence-electron chi connectivity index (χ1n) is 6.63. The fraction of sp³-hybridized carbons (Fsp3) is 0.429. The number of amides is 2. The summed E-state index contributed by atoms with van der Waals surface area (Å²) in [4.78, 5) is 25.5. The first kappa shape index (κ1) is 13.4. The van der Waals surface area contributed by atoms with E-state index in [0.717, 1.165) is 12.8 Å². The zero-order valence-corrected chi connectivity index (χ0v) is 11.5. The second-order valence-electron chi connectivity index (χ2n) is 5.21. The number of hydrogen-bond acceptors (Lipinski definition) is 2. The highest BCUT2D eigenvalue weighted by molar-refractivity contribution is 6.30. The molecule has 1 N–H and O–H groups in total. The van der Waals surface area contributed by atoms with Crippen molar-refractivity contribution in [2.45, 2.75) is 25.3 Å². The lowest BCUT2D eigenvalue weighted by molar-refractivity contribution is -0.132. The minimum Gasteiger partial charge on any atom is -0.353 e. The highest BCUT2D eigenvalue weighted by Crippen LogP contribution is 2.30. The van der Waals surface area contributed by atoms with Crippen molar-refractivity contribution in [3.05, 3.63) is 29.0 Å². The Hall–Kier alpha value is -1.62. The van der Waals surface area contributed by atoms with Crippen molar-refractivity contribution in [1.29, 1.82) is 0 Å². The Balaban J connectivity index is 1.75. The van der Waals surface area contributed by atoms with E-state index < -0.39 is 11.7 Å². The fourth-order valence-corrected chi connectivity index (χ4v) is 2.55. The Labute approximate surface area is 120 Å². The topological polar surface area (TPSA) is 49.4 Å². The van der Waals surface area contributed by atoms with Crippen molar-refractivity contribution < 1.29 is 14.0 Å². The fourth-order valence-electron chi connectivity index (χ4n) is 2.39. The Kier molecular flexibility index (Phi) is 3.38. The van der Waals surface area contributed by atoms with Gasteiger partial charge in [-0.25, -0.2) is 4.39 Å². The molecule has 2 amide bonds. The van der Waals surface area contributed by atoms with Gasteiger partial charge in [-0.15, -0.1) is 0 Å². The molecule has 0 bridgehead atoms. The summed E-state index contributed by atoms with van der Waals surface area (Å²) < 4.78 is 13.8. The van der Waals surface area contributed by atoms with Crippen LogP contribution in [0, 0.1) is 11.7 Å². The van der Waals surface area contributed by atoms with Gasteiger partial charge in [-0.1, -0.05) is 11.6 Å². The molecule has 1 aliphatic heterocycles. The van der Waals surface area contributed by atoms with Gasteiger partial charge in [-0.05, 0) is 37.5 Å². The Morgan fingerprint density at radius 1 is 1.35 bits per heavy atom. The number of hydrogen-bond donors (Lipinski definition) is 1. The first-order valence-corrected chi connectivity index (χ1v) is 7.01. The van der Waals surface area contributed by atoms with Gasteiger partial charge >= 0.3 is 0 Å². The third-order valence-electron chi connectivity index (χ3n) is 3.65. The summed E-state index contributed by atoms with van der Waals surface area (Å²) in [5.41, 5.74) is 0.182. The molecule has 1 unspecified atom stereocenters. The van der Waals surface area contributed by atoms with Gasteiger partial charge in [0.2, 0.25) is 11.8 Å². The molecule has 0 aromatic heterocycles. The maximum absolute atomic E-state index is 13.8. The molecule has 1 aromatic rings. The van der Waals surface area contributed by atoms with Crippen LogP contribution in [0.3, 0.4) is 0 Å². The monoisotopic (exact) mass is 296 g/mol. The molecule has 6 heteroatoms. The first-order chi connectivity index (χ1) is 9.56. The quantitative estimate of drug-likeness (QED) is 0.869. The molecular formula is C14H14ClFN2O2. The summed E-state index contributed by atoms with van der Waals surface area (Å²) in [6.45, 7) is 0.347. The molecule has 4 nitrogen and oxygen atoms in total. The summed E-state index contributed by atoms with van der Waals surface area (Å²) in [7, 11) is 0. The maximum Gasteiger partial charge on any atom is 0.239 e. The molecule has 0 spiro atoms. The van der Waals surface area contributed by atoms with Crippen LogP contribution in [0.4, 0.5) is 10.1 Å². The molecular weight excluding hydrogens is 283 g/mol. The Morgan fingerprint density at radius 2 is 2.10 bits per heavy atom. The number of halogens is 2. The van der Waals surface area contributed by atoms with E-state index in [4.69, 9.17) is 11.6 Å². The molecule has 106 valence electrons. The van der Waals surface area contributed by atoms with Crippen LogP contribution in [-0.4, -0.2) is 24.4 Å². The SMILES string of the molecule is O=C(NC1CC1)C1CCN(c2ccc(Cl)cc2F)C1=O. The summed E-state index contributed by atoms with van der Waals surface area (Å²) in [6.07, 6.45) is 2.36. The molecule has 1 saturated carbocycles. The van der Waals surface area contributed by atoms with Crippen molar-refractivity contribution >= 4 is 29.1 Å². The Bertz CT molecular complexity index is 574.